The first-order valence-electron chi connectivity index (χ1n) is 9.08. The van der Waals surface area contributed by atoms with Crippen LogP contribution in [0.4, 0.5) is 5.69 Å². The quantitative estimate of drug-likeness (QED) is 0.652. The molecule has 0 spiro atoms. The first-order chi connectivity index (χ1) is 13.3. The van der Waals surface area contributed by atoms with Crippen molar-refractivity contribution in [1.29, 1.82) is 0 Å². The van der Waals surface area contributed by atoms with Crippen molar-refractivity contribution in [2.24, 2.45) is 0 Å². The molecule has 0 bridgehead atoms. The number of anilines is 1. The summed E-state index contributed by atoms with van der Waals surface area (Å²) in [5.74, 6) is -0.0399. The predicted molar refractivity (Wildman–Crippen MR) is 108 cm³/mol. The molecular weight excluding hydrogens is 376 g/mol. The van der Waals surface area contributed by atoms with Crippen LogP contribution < -0.4 is 4.72 Å². The molecule has 1 aliphatic rings. The van der Waals surface area contributed by atoms with Gasteiger partial charge in [-0.15, -0.1) is 0 Å². The van der Waals surface area contributed by atoms with Crippen LogP contribution in [0.15, 0.2) is 41.3 Å². The Balaban J connectivity index is 1.77. The van der Waals surface area contributed by atoms with Gasteiger partial charge in [-0.3, -0.25) is 14.3 Å². The lowest BCUT2D eigenvalue weighted by Gasteiger charge is -2.12. The van der Waals surface area contributed by atoms with E-state index < -0.39 is 10.0 Å². The third kappa shape index (κ3) is 3.11. The van der Waals surface area contributed by atoms with Crippen LogP contribution in [0.5, 0.6) is 0 Å². The van der Waals surface area contributed by atoms with Gasteiger partial charge in [0.15, 0.2) is 11.6 Å². The normalized spacial score (nSPS) is 14.1. The fourth-order valence-electron chi connectivity index (χ4n) is 3.74. The van der Waals surface area contributed by atoms with Gasteiger partial charge in [0.2, 0.25) is 0 Å². The van der Waals surface area contributed by atoms with E-state index in [-0.39, 0.29) is 16.5 Å². The average molecular weight is 396 g/mol. The van der Waals surface area contributed by atoms with Crippen LogP contribution in [0, 0.1) is 6.92 Å². The van der Waals surface area contributed by atoms with Crippen molar-refractivity contribution >= 4 is 38.2 Å². The number of nitrogens with one attached hydrogen (secondary N) is 2. The van der Waals surface area contributed by atoms with Gasteiger partial charge in [-0.2, -0.15) is 0 Å². The number of fused-ring (bicyclic) bond motifs is 3. The number of sulfonamides is 1. The highest BCUT2D eigenvalue weighted by atomic mass is 32.2. The molecule has 0 amide bonds. The van der Waals surface area contributed by atoms with Gasteiger partial charge in [0.05, 0.1) is 4.90 Å². The Morgan fingerprint density at radius 3 is 2.68 bits per heavy atom. The zero-order valence-corrected chi connectivity index (χ0v) is 16.4. The summed E-state index contributed by atoms with van der Waals surface area (Å²) < 4.78 is 28.5. The molecule has 3 aromatic rings. The monoisotopic (exact) mass is 396 g/mol. The number of aromatic nitrogens is 1. The van der Waals surface area contributed by atoms with E-state index in [1.165, 1.54) is 13.0 Å². The number of hydrogen-bond acceptors (Lipinski definition) is 4. The van der Waals surface area contributed by atoms with Gasteiger partial charge in [0, 0.05) is 39.8 Å². The summed E-state index contributed by atoms with van der Waals surface area (Å²) in [5, 5.41) is 0.773. The van der Waals surface area contributed by atoms with Crippen LogP contribution in [-0.2, 0) is 16.4 Å². The Kier molecular flexibility index (Phi) is 4.34. The van der Waals surface area contributed by atoms with Crippen LogP contribution in [0.1, 0.15) is 51.7 Å². The van der Waals surface area contributed by atoms with Crippen molar-refractivity contribution < 1.29 is 18.0 Å². The van der Waals surface area contributed by atoms with Crippen LogP contribution in [0.2, 0.25) is 0 Å². The number of benzene rings is 2. The summed E-state index contributed by atoms with van der Waals surface area (Å²) >= 11 is 0. The molecule has 144 valence electrons. The standard InChI is InChI=1S/C21H20N2O4S/c1-12-9-16-18(22-17-7-4-8-19(25)21(16)17)11-20(12)28(26,27)23-15-6-3-5-14(10-15)13(2)24/h3,5-6,9-11,22-23H,4,7-8H2,1-2H3. The predicted octanol–water partition coefficient (Wildman–Crippen LogP) is 4.00. The highest BCUT2D eigenvalue weighted by Gasteiger charge is 2.25. The Morgan fingerprint density at radius 2 is 1.93 bits per heavy atom. The molecule has 0 aliphatic heterocycles. The Bertz CT molecular complexity index is 1240. The molecule has 2 N–H and O–H groups in total. The van der Waals surface area contributed by atoms with Crippen molar-refractivity contribution in [2.75, 3.05) is 4.72 Å². The van der Waals surface area contributed by atoms with Gasteiger partial charge in [0.25, 0.3) is 10.0 Å². The summed E-state index contributed by atoms with van der Waals surface area (Å²) in [6.45, 7) is 3.15. The number of aryl methyl sites for hydroxylation is 2. The van der Waals surface area contributed by atoms with Gasteiger partial charge < -0.3 is 4.98 Å². The second-order valence-corrected chi connectivity index (χ2v) is 8.81. The SMILES string of the molecule is CC(=O)c1cccc(NS(=O)(=O)c2cc3[nH]c4c(c3cc2C)C(=O)CCC4)c1. The van der Waals surface area contributed by atoms with Gasteiger partial charge in [-0.25, -0.2) is 8.42 Å². The molecule has 2 aromatic carbocycles. The van der Waals surface area contributed by atoms with Gasteiger partial charge in [-0.05, 0) is 56.5 Å². The maximum atomic E-state index is 13.0. The van der Waals surface area contributed by atoms with Crippen LogP contribution in [-0.4, -0.2) is 25.0 Å². The number of Topliss-reactive ketones (excluding diaryl/α,β-unsaturated/α-hetero) is 2. The molecule has 0 radical (unpaired) electrons. The van der Waals surface area contributed by atoms with Crippen LogP contribution >= 0.6 is 0 Å². The molecule has 0 fully saturated rings. The van der Waals surface area contributed by atoms with Crippen LogP contribution in [0.25, 0.3) is 10.9 Å². The fourth-order valence-corrected chi connectivity index (χ4v) is 5.05. The van der Waals surface area contributed by atoms with Crippen LogP contribution in [0.3, 0.4) is 0 Å². The molecule has 1 aromatic heterocycles. The largest absolute Gasteiger partial charge is 0.358 e. The smallest absolute Gasteiger partial charge is 0.262 e. The highest BCUT2D eigenvalue weighted by molar-refractivity contribution is 7.92. The second kappa shape index (κ2) is 6.60. The minimum atomic E-state index is -3.86. The van der Waals surface area contributed by atoms with Crippen molar-refractivity contribution in [3.8, 4) is 0 Å². The van der Waals surface area contributed by atoms with E-state index in [0.29, 0.717) is 34.3 Å². The van der Waals surface area contributed by atoms with E-state index in [0.717, 1.165) is 23.9 Å². The molecule has 6 nitrogen and oxygen atoms in total. The number of hydrogen-bond donors (Lipinski definition) is 2. The molecule has 4 rings (SSSR count). The number of aromatic amines is 1. The van der Waals surface area contributed by atoms with Gasteiger partial charge in [-0.1, -0.05) is 12.1 Å². The molecule has 1 heterocycles. The van der Waals surface area contributed by atoms with E-state index in [1.54, 1.807) is 37.3 Å². The van der Waals surface area contributed by atoms with Crippen molar-refractivity contribution in [3.63, 3.8) is 0 Å². The van der Waals surface area contributed by atoms with E-state index in [1.807, 2.05) is 0 Å². The summed E-state index contributed by atoms with van der Waals surface area (Å²) in [7, 11) is -3.86. The number of carbonyl (C=O) groups is 2. The Morgan fingerprint density at radius 1 is 1.14 bits per heavy atom. The lowest BCUT2D eigenvalue weighted by Crippen LogP contribution is -2.14. The molecule has 1 aliphatic carbocycles. The first-order valence-corrected chi connectivity index (χ1v) is 10.6. The molecular formula is C21H20N2O4S. The molecule has 0 unspecified atom stereocenters. The lowest BCUT2D eigenvalue weighted by molar-refractivity contribution is 0.0972. The zero-order chi connectivity index (χ0) is 20.1. The fraction of sp³-hybridized carbons (Fsp3) is 0.238. The molecule has 0 saturated carbocycles. The minimum absolute atomic E-state index is 0.0988. The summed E-state index contributed by atoms with van der Waals surface area (Å²) in [6.07, 6.45) is 2.11. The summed E-state index contributed by atoms with van der Waals surface area (Å²) in [6, 6.07) is 9.72. The topological polar surface area (TPSA) is 96.1 Å². The molecule has 7 heteroatoms. The number of rotatable bonds is 4. The van der Waals surface area contributed by atoms with Crippen molar-refractivity contribution in [2.45, 2.75) is 38.0 Å². The maximum Gasteiger partial charge on any atom is 0.262 e. The average Bonchev–Trinajstić information content (AvgIpc) is 2.99. The first kappa shape index (κ1) is 18.4. The number of carbonyl (C=O) groups excluding carboxylic acids is 2. The van der Waals surface area contributed by atoms with Crippen molar-refractivity contribution in [3.05, 3.63) is 58.8 Å². The maximum absolute atomic E-state index is 13.0. The van der Waals surface area contributed by atoms with Crippen molar-refractivity contribution in [1.82, 2.24) is 4.98 Å². The number of H-pyrrole nitrogens is 1. The van der Waals surface area contributed by atoms with E-state index in [9.17, 15) is 18.0 Å². The van der Waals surface area contributed by atoms with E-state index in [4.69, 9.17) is 0 Å². The molecule has 0 atom stereocenters. The highest BCUT2D eigenvalue weighted by Crippen LogP contribution is 2.32. The van der Waals surface area contributed by atoms with E-state index >= 15 is 0 Å². The zero-order valence-electron chi connectivity index (χ0n) is 15.6. The number of ketones is 2. The molecule has 0 saturated heterocycles. The van der Waals surface area contributed by atoms with Gasteiger partial charge >= 0.3 is 0 Å². The second-order valence-electron chi connectivity index (χ2n) is 7.16. The third-order valence-electron chi connectivity index (χ3n) is 5.09. The third-order valence-corrected chi connectivity index (χ3v) is 6.62. The summed E-state index contributed by atoms with van der Waals surface area (Å²) in [4.78, 5) is 27.2. The Hall–Kier alpha value is -2.93. The molecule has 28 heavy (non-hydrogen) atoms. The van der Waals surface area contributed by atoms with E-state index in [2.05, 4.69) is 9.71 Å². The Labute approximate surface area is 163 Å². The van der Waals surface area contributed by atoms with Gasteiger partial charge in [0.1, 0.15) is 0 Å². The lowest BCUT2D eigenvalue weighted by atomic mass is 9.94. The minimum Gasteiger partial charge on any atom is -0.358 e. The summed E-state index contributed by atoms with van der Waals surface area (Å²) in [5.41, 5.74) is 3.53.